The van der Waals surface area contributed by atoms with Crippen LogP contribution >= 0.6 is 11.6 Å². The first-order valence-corrected chi connectivity index (χ1v) is 6.93. The van der Waals surface area contributed by atoms with Crippen LogP contribution < -0.4 is 0 Å². The molecule has 1 aliphatic heterocycles. The highest BCUT2D eigenvalue weighted by Gasteiger charge is 2.40. The number of aromatic hydroxyl groups is 1. The SMILES string of the molecule is CCN(C(=O)c1ccc(Cl)cc1O)C1COCC1C(=O)O. The highest BCUT2D eigenvalue weighted by Crippen LogP contribution is 2.27. The molecule has 114 valence electrons. The molecule has 2 atom stereocenters. The van der Waals surface area contributed by atoms with Gasteiger partial charge in [0.2, 0.25) is 0 Å². The van der Waals surface area contributed by atoms with E-state index in [2.05, 4.69) is 0 Å². The zero-order chi connectivity index (χ0) is 15.6. The van der Waals surface area contributed by atoms with Gasteiger partial charge in [-0.2, -0.15) is 0 Å². The predicted molar refractivity (Wildman–Crippen MR) is 75.6 cm³/mol. The molecular formula is C14H16ClNO5. The topological polar surface area (TPSA) is 87.1 Å². The largest absolute Gasteiger partial charge is 0.507 e. The van der Waals surface area contributed by atoms with Crippen molar-refractivity contribution in [2.24, 2.45) is 5.92 Å². The summed E-state index contributed by atoms with van der Waals surface area (Å²) in [5, 5.41) is 19.4. The van der Waals surface area contributed by atoms with E-state index in [0.29, 0.717) is 11.6 Å². The number of carbonyl (C=O) groups excluding carboxylic acids is 1. The van der Waals surface area contributed by atoms with E-state index in [4.69, 9.17) is 16.3 Å². The summed E-state index contributed by atoms with van der Waals surface area (Å²) in [4.78, 5) is 25.2. The number of rotatable bonds is 4. The average molecular weight is 314 g/mol. The Hall–Kier alpha value is -1.79. The van der Waals surface area contributed by atoms with Crippen molar-refractivity contribution in [3.63, 3.8) is 0 Å². The molecule has 1 aliphatic rings. The third-order valence-electron chi connectivity index (χ3n) is 3.56. The van der Waals surface area contributed by atoms with E-state index < -0.39 is 23.8 Å². The van der Waals surface area contributed by atoms with E-state index in [1.54, 1.807) is 6.92 Å². The van der Waals surface area contributed by atoms with E-state index in [1.165, 1.54) is 23.1 Å². The third kappa shape index (κ3) is 3.11. The number of likely N-dealkylation sites (N-methyl/N-ethyl adjacent to an activating group) is 1. The third-order valence-corrected chi connectivity index (χ3v) is 3.79. The molecule has 1 heterocycles. The van der Waals surface area contributed by atoms with Gasteiger partial charge in [-0.25, -0.2) is 0 Å². The second-order valence-corrected chi connectivity index (χ2v) is 5.24. The molecule has 2 unspecified atom stereocenters. The van der Waals surface area contributed by atoms with Crippen LogP contribution in [0.2, 0.25) is 5.02 Å². The van der Waals surface area contributed by atoms with Crippen LogP contribution in [0, 0.1) is 5.92 Å². The first kappa shape index (κ1) is 15.6. The van der Waals surface area contributed by atoms with E-state index in [0.717, 1.165) is 0 Å². The molecule has 0 radical (unpaired) electrons. The van der Waals surface area contributed by atoms with Gasteiger partial charge in [0, 0.05) is 11.6 Å². The number of amides is 1. The molecule has 0 bridgehead atoms. The smallest absolute Gasteiger partial charge is 0.311 e. The number of hydrogen-bond donors (Lipinski definition) is 2. The molecule has 0 saturated carbocycles. The quantitative estimate of drug-likeness (QED) is 0.881. The molecule has 1 saturated heterocycles. The van der Waals surface area contributed by atoms with Gasteiger partial charge in [0.05, 0.1) is 24.8 Å². The molecule has 7 heteroatoms. The normalized spacial score (nSPS) is 21.2. The van der Waals surface area contributed by atoms with Gasteiger partial charge in [-0.3, -0.25) is 9.59 Å². The Labute approximate surface area is 126 Å². The maximum Gasteiger partial charge on any atom is 0.311 e. The summed E-state index contributed by atoms with van der Waals surface area (Å²) in [6, 6.07) is 3.66. The number of ether oxygens (including phenoxy) is 1. The molecule has 1 amide bonds. The maximum atomic E-state index is 12.5. The number of carbonyl (C=O) groups is 2. The number of phenols is 1. The fraction of sp³-hybridized carbons (Fsp3) is 0.429. The van der Waals surface area contributed by atoms with E-state index in [-0.39, 0.29) is 24.5 Å². The minimum atomic E-state index is -0.996. The fourth-order valence-electron chi connectivity index (χ4n) is 2.46. The number of carboxylic acid groups (broad SMARTS) is 1. The number of benzene rings is 1. The van der Waals surface area contributed by atoms with Crippen LogP contribution in [0.1, 0.15) is 17.3 Å². The van der Waals surface area contributed by atoms with Crippen LogP contribution in [0.3, 0.4) is 0 Å². The molecular weight excluding hydrogens is 298 g/mol. The summed E-state index contributed by atoms with van der Waals surface area (Å²) in [7, 11) is 0. The average Bonchev–Trinajstić information content (AvgIpc) is 2.88. The second-order valence-electron chi connectivity index (χ2n) is 4.80. The standard InChI is InChI=1S/C14H16ClNO5/c1-2-16(11-7-21-6-10(11)14(19)20)13(18)9-4-3-8(15)5-12(9)17/h3-5,10-11,17H,2,6-7H2,1H3,(H,19,20). The molecule has 1 fully saturated rings. The molecule has 0 aromatic heterocycles. The lowest BCUT2D eigenvalue weighted by Gasteiger charge is -2.29. The number of phenolic OH excluding ortho intramolecular Hbond substituents is 1. The molecule has 21 heavy (non-hydrogen) atoms. The minimum Gasteiger partial charge on any atom is -0.507 e. The predicted octanol–water partition coefficient (Wildman–Crippen LogP) is 1.61. The van der Waals surface area contributed by atoms with Gasteiger partial charge in [0.25, 0.3) is 5.91 Å². The molecule has 0 spiro atoms. The number of aliphatic carboxylic acids is 1. The monoisotopic (exact) mass is 313 g/mol. The van der Waals surface area contributed by atoms with Crippen molar-refractivity contribution in [1.82, 2.24) is 4.90 Å². The number of halogens is 1. The van der Waals surface area contributed by atoms with Gasteiger partial charge in [0.15, 0.2) is 0 Å². The molecule has 1 aromatic rings. The molecule has 0 aliphatic carbocycles. The zero-order valence-corrected chi connectivity index (χ0v) is 12.2. The minimum absolute atomic E-state index is 0.0797. The Kier molecular flexibility index (Phi) is 4.69. The Morgan fingerprint density at radius 3 is 2.71 bits per heavy atom. The van der Waals surface area contributed by atoms with Gasteiger partial charge in [-0.1, -0.05) is 11.6 Å². The van der Waals surface area contributed by atoms with Crippen LogP contribution in [-0.4, -0.2) is 52.8 Å². The number of carboxylic acids is 1. The summed E-state index contributed by atoms with van der Waals surface area (Å²) in [6.45, 7) is 2.32. The molecule has 2 rings (SSSR count). The van der Waals surface area contributed by atoms with Gasteiger partial charge < -0.3 is 19.8 Å². The second kappa shape index (κ2) is 6.32. The van der Waals surface area contributed by atoms with E-state index >= 15 is 0 Å². The highest BCUT2D eigenvalue weighted by atomic mass is 35.5. The van der Waals surface area contributed by atoms with Crippen molar-refractivity contribution >= 4 is 23.5 Å². The number of hydrogen-bond acceptors (Lipinski definition) is 4. The zero-order valence-electron chi connectivity index (χ0n) is 11.5. The summed E-state index contributed by atoms with van der Waals surface area (Å²) in [5.74, 6) is -2.42. The Morgan fingerprint density at radius 1 is 1.43 bits per heavy atom. The van der Waals surface area contributed by atoms with Crippen molar-refractivity contribution in [3.05, 3.63) is 28.8 Å². The van der Waals surface area contributed by atoms with Crippen molar-refractivity contribution in [2.75, 3.05) is 19.8 Å². The van der Waals surface area contributed by atoms with Crippen LogP contribution in [0.4, 0.5) is 0 Å². The molecule has 6 nitrogen and oxygen atoms in total. The first-order chi connectivity index (χ1) is 9.95. The molecule has 2 N–H and O–H groups in total. The highest BCUT2D eigenvalue weighted by molar-refractivity contribution is 6.30. The van der Waals surface area contributed by atoms with Crippen molar-refractivity contribution < 1.29 is 24.5 Å². The fourth-order valence-corrected chi connectivity index (χ4v) is 2.62. The van der Waals surface area contributed by atoms with Gasteiger partial charge in [0.1, 0.15) is 11.7 Å². The lowest BCUT2D eigenvalue weighted by molar-refractivity contribution is -0.142. The maximum absolute atomic E-state index is 12.5. The van der Waals surface area contributed by atoms with E-state index in [9.17, 15) is 19.8 Å². The Balaban J connectivity index is 2.28. The summed E-state index contributed by atoms with van der Waals surface area (Å²) >= 11 is 5.74. The lowest BCUT2D eigenvalue weighted by Crippen LogP contribution is -2.46. The van der Waals surface area contributed by atoms with Crippen LogP contribution in [0.15, 0.2) is 18.2 Å². The van der Waals surface area contributed by atoms with Crippen LogP contribution in [0.25, 0.3) is 0 Å². The van der Waals surface area contributed by atoms with Gasteiger partial charge in [-0.05, 0) is 25.1 Å². The van der Waals surface area contributed by atoms with Crippen LogP contribution in [0.5, 0.6) is 5.75 Å². The Morgan fingerprint density at radius 2 is 2.14 bits per heavy atom. The summed E-state index contributed by atoms with van der Waals surface area (Å²) in [5.41, 5.74) is 0.0947. The van der Waals surface area contributed by atoms with Crippen molar-refractivity contribution in [2.45, 2.75) is 13.0 Å². The lowest BCUT2D eigenvalue weighted by atomic mass is 10.0. The first-order valence-electron chi connectivity index (χ1n) is 6.55. The van der Waals surface area contributed by atoms with Crippen LogP contribution in [-0.2, 0) is 9.53 Å². The van der Waals surface area contributed by atoms with Gasteiger partial charge >= 0.3 is 5.97 Å². The summed E-state index contributed by atoms with van der Waals surface area (Å²) < 4.78 is 5.19. The van der Waals surface area contributed by atoms with Gasteiger partial charge in [-0.15, -0.1) is 0 Å². The van der Waals surface area contributed by atoms with E-state index in [1.807, 2.05) is 0 Å². The Bertz CT molecular complexity index is 562. The van der Waals surface area contributed by atoms with Crippen molar-refractivity contribution in [1.29, 1.82) is 0 Å². The van der Waals surface area contributed by atoms with Crippen molar-refractivity contribution in [3.8, 4) is 5.75 Å². The molecule has 1 aromatic carbocycles. The summed E-state index contributed by atoms with van der Waals surface area (Å²) in [6.07, 6.45) is 0. The number of nitrogens with zero attached hydrogens (tertiary/aromatic N) is 1.